The summed E-state index contributed by atoms with van der Waals surface area (Å²) < 4.78 is 34.0. The number of thiophene rings is 2. The van der Waals surface area contributed by atoms with E-state index in [1.54, 1.807) is 22.8 Å². The predicted octanol–water partition coefficient (Wildman–Crippen LogP) is 6.40. The first kappa shape index (κ1) is 25.5. The van der Waals surface area contributed by atoms with Crippen LogP contribution in [0.4, 0.5) is 14.5 Å². The third-order valence-corrected chi connectivity index (χ3v) is 9.07. The number of hydrogen-bond donors (Lipinski definition) is 0. The maximum absolute atomic E-state index is 13.7. The Balaban J connectivity index is 1.50. The summed E-state index contributed by atoms with van der Waals surface area (Å²) in [5.41, 5.74) is 1.65. The summed E-state index contributed by atoms with van der Waals surface area (Å²) in [5, 5.41) is 4.55. The Morgan fingerprint density at radius 1 is 1.14 bits per heavy atom. The van der Waals surface area contributed by atoms with Crippen LogP contribution in [-0.2, 0) is 9.53 Å². The first-order valence-corrected chi connectivity index (χ1v) is 13.7. The minimum absolute atomic E-state index is 0.141. The second-order valence-electron chi connectivity index (χ2n) is 9.23. The van der Waals surface area contributed by atoms with Gasteiger partial charge >= 0.3 is 5.97 Å². The highest BCUT2D eigenvalue weighted by Crippen LogP contribution is 2.43. The number of esters is 1. The van der Waals surface area contributed by atoms with E-state index in [1.807, 2.05) is 24.4 Å². The molecule has 4 aromatic rings. The molecule has 1 aliphatic carbocycles. The van der Waals surface area contributed by atoms with Crippen molar-refractivity contribution in [3.63, 3.8) is 0 Å². The quantitative estimate of drug-likeness (QED) is 0.252. The molecular formula is C26H26F2N4O3S2. The number of halogens is 2. The maximum atomic E-state index is 13.7. The van der Waals surface area contributed by atoms with E-state index in [0.29, 0.717) is 23.6 Å². The van der Waals surface area contributed by atoms with Crippen LogP contribution in [0.25, 0.3) is 26.0 Å². The van der Waals surface area contributed by atoms with Gasteiger partial charge in [-0.25, -0.2) is 23.1 Å². The van der Waals surface area contributed by atoms with Crippen molar-refractivity contribution in [3.05, 3.63) is 47.6 Å². The summed E-state index contributed by atoms with van der Waals surface area (Å²) >= 11 is 2.60. The van der Waals surface area contributed by atoms with E-state index in [2.05, 4.69) is 17.0 Å². The molecule has 7 nitrogen and oxygen atoms in total. The number of anilines is 1. The van der Waals surface area contributed by atoms with Gasteiger partial charge in [0.1, 0.15) is 10.6 Å². The molecule has 0 spiro atoms. The molecule has 4 aromatic heterocycles. The zero-order valence-electron chi connectivity index (χ0n) is 20.4. The van der Waals surface area contributed by atoms with Crippen LogP contribution < -0.4 is 4.90 Å². The number of aromatic nitrogens is 3. The summed E-state index contributed by atoms with van der Waals surface area (Å²) in [7, 11) is 1.24. The van der Waals surface area contributed by atoms with Crippen molar-refractivity contribution in [1.29, 1.82) is 0 Å². The van der Waals surface area contributed by atoms with Gasteiger partial charge in [0.15, 0.2) is 5.65 Å². The average molecular weight is 545 g/mol. The van der Waals surface area contributed by atoms with E-state index in [4.69, 9.17) is 4.74 Å². The number of carbonyl (C=O) groups excluding carboxylic acids is 2. The van der Waals surface area contributed by atoms with Gasteiger partial charge in [0.2, 0.25) is 5.91 Å². The van der Waals surface area contributed by atoms with E-state index in [9.17, 15) is 18.4 Å². The number of carbonyl (C=O) groups is 2. The van der Waals surface area contributed by atoms with Gasteiger partial charge in [0.25, 0.3) is 6.43 Å². The number of hydrogen-bond acceptors (Lipinski definition) is 7. The van der Waals surface area contributed by atoms with Crippen molar-refractivity contribution in [3.8, 4) is 20.3 Å². The molecule has 0 aromatic carbocycles. The third kappa shape index (κ3) is 5.28. The molecule has 11 heteroatoms. The van der Waals surface area contributed by atoms with Gasteiger partial charge in [-0.1, -0.05) is 6.92 Å². The fourth-order valence-corrected chi connectivity index (χ4v) is 6.80. The smallest absolute Gasteiger partial charge is 0.350 e. The Hall–Kier alpha value is -3.18. The molecule has 0 unspecified atom stereocenters. The summed E-state index contributed by atoms with van der Waals surface area (Å²) in [4.78, 5) is 34.1. The fraction of sp³-hybridized carbons (Fsp3) is 0.385. The van der Waals surface area contributed by atoms with Crippen molar-refractivity contribution in [2.45, 2.75) is 39.0 Å². The van der Waals surface area contributed by atoms with Crippen molar-refractivity contribution in [2.75, 3.05) is 18.6 Å². The molecule has 4 heterocycles. The zero-order valence-corrected chi connectivity index (χ0v) is 22.0. The first-order valence-electron chi connectivity index (χ1n) is 12.1. The minimum atomic E-state index is -2.74. The van der Waals surface area contributed by atoms with E-state index >= 15 is 0 Å². The Morgan fingerprint density at radius 2 is 1.89 bits per heavy atom. The second-order valence-corrected chi connectivity index (χ2v) is 11.4. The molecule has 1 saturated carbocycles. The van der Waals surface area contributed by atoms with Crippen molar-refractivity contribution in [2.24, 2.45) is 11.8 Å². The summed E-state index contributed by atoms with van der Waals surface area (Å²) in [6.07, 6.45) is 3.86. The molecule has 0 saturated heterocycles. The van der Waals surface area contributed by atoms with Crippen LogP contribution >= 0.6 is 22.7 Å². The highest BCUT2D eigenvalue weighted by atomic mass is 32.1. The number of nitrogens with zero attached hydrogens (tertiary/aromatic N) is 4. The molecule has 0 aliphatic heterocycles. The van der Waals surface area contributed by atoms with E-state index < -0.39 is 18.9 Å². The lowest BCUT2D eigenvalue weighted by Crippen LogP contribution is -2.41. The number of methoxy groups -OCH3 is 1. The molecule has 1 amide bonds. The number of amides is 1. The standard InChI is InChI=1S/C26H26F2N4O3S2/c1-15-4-6-16(7-5-15)25(33)31(14-22(27)28)18-13-21(37-24(18)26(34)35-2)20-9-8-19(36-20)17-12-23-29-10-3-11-32(23)30-17/h3,8-13,15-16,22H,4-7,14H2,1-2H3/t15-,16-. The lowest BCUT2D eigenvalue weighted by molar-refractivity contribution is -0.124. The van der Waals surface area contributed by atoms with Crippen LogP contribution in [0.15, 0.2) is 42.7 Å². The van der Waals surface area contributed by atoms with Crippen molar-refractivity contribution in [1.82, 2.24) is 14.6 Å². The number of fused-ring (bicyclic) bond motifs is 1. The van der Waals surface area contributed by atoms with Crippen LogP contribution in [0.3, 0.4) is 0 Å². The van der Waals surface area contributed by atoms with Crippen molar-refractivity contribution < 1.29 is 23.1 Å². The van der Waals surface area contributed by atoms with Gasteiger partial charge < -0.3 is 9.64 Å². The highest BCUT2D eigenvalue weighted by molar-refractivity contribution is 7.24. The van der Waals surface area contributed by atoms with E-state index in [1.165, 1.54) is 18.4 Å². The van der Waals surface area contributed by atoms with Gasteiger partial charge in [-0.2, -0.15) is 5.10 Å². The second kappa shape index (κ2) is 10.7. The van der Waals surface area contributed by atoms with Gasteiger partial charge in [-0.15, -0.1) is 22.7 Å². The molecule has 0 radical (unpaired) electrons. The SMILES string of the molecule is COC(=O)c1sc(-c2ccc(-c3cc4ncccn4n3)s2)cc1N(CC(F)F)C(=O)[C@H]1CC[C@H](C)CC1. The lowest BCUT2D eigenvalue weighted by Gasteiger charge is -2.31. The Morgan fingerprint density at radius 3 is 2.59 bits per heavy atom. The lowest BCUT2D eigenvalue weighted by atomic mass is 9.82. The molecule has 37 heavy (non-hydrogen) atoms. The van der Waals surface area contributed by atoms with Gasteiger partial charge in [-0.05, 0) is 55.9 Å². The zero-order chi connectivity index (χ0) is 26.1. The Labute approximate surface area is 220 Å². The first-order chi connectivity index (χ1) is 17.8. The summed E-state index contributed by atoms with van der Waals surface area (Å²) in [6.45, 7) is 1.37. The minimum Gasteiger partial charge on any atom is -0.465 e. The number of rotatable bonds is 7. The largest absolute Gasteiger partial charge is 0.465 e. The fourth-order valence-electron chi connectivity index (χ4n) is 4.67. The number of ether oxygens (including phenoxy) is 1. The van der Waals surface area contributed by atoms with Crippen molar-refractivity contribution >= 4 is 45.9 Å². The van der Waals surface area contributed by atoms with Crippen LogP contribution in [0.1, 0.15) is 42.3 Å². The molecule has 0 atom stereocenters. The predicted molar refractivity (Wildman–Crippen MR) is 140 cm³/mol. The molecule has 194 valence electrons. The van der Waals surface area contributed by atoms with Crippen LogP contribution in [0.2, 0.25) is 0 Å². The average Bonchev–Trinajstić information content (AvgIpc) is 3.64. The highest BCUT2D eigenvalue weighted by Gasteiger charge is 2.34. The normalized spacial score (nSPS) is 17.9. The van der Waals surface area contributed by atoms with Crippen LogP contribution in [-0.4, -0.2) is 46.6 Å². The molecule has 1 fully saturated rings. The maximum Gasteiger partial charge on any atom is 0.350 e. The van der Waals surface area contributed by atoms with Gasteiger partial charge in [-0.3, -0.25) is 4.79 Å². The molecule has 0 N–H and O–H groups in total. The topological polar surface area (TPSA) is 76.8 Å². The van der Waals surface area contributed by atoms with Crippen LogP contribution in [0.5, 0.6) is 0 Å². The molecule has 0 bridgehead atoms. The number of alkyl halides is 2. The Bertz CT molecular complexity index is 1390. The molecule has 5 rings (SSSR count). The van der Waals surface area contributed by atoms with E-state index in [-0.39, 0.29) is 22.4 Å². The third-order valence-electron chi connectivity index (χ3n) is 6.66. The molecule has 1 aliphatic rings. The van der Waals surface area contributed by atoms with E-state index in [0.717, 1.165) is 50.2 Å². The summed E-state index contributed by atoms with van der Waals surface area (Å²) in [6, 6.07) is 9.15. The summed E-state index contributed by atoms with van der Waals surface area (Å²) in [5.74, 6) is -0.826. The van der Waals surface area contributed by atoms with Gasteiger partial charge in [0, 0.05) is 34.1 Å². The van der Waals surface area contributed by atoms with Gasteiger partial charge in [0.05, 0.1) is 24.2 Å². The Kier molecular flexibility index (Phi) is 7.34. The molecular weight excluding hydrogens is 518 g/mol. The van der Waals surface area contributed by atoms with Crippen LogP contribution in [0, 0.1) is 11.8 Å². The monoisotopic (exact) mass is 544 g/mol.